The van der Waals surface area contributed by atoms with Crippen LogP contribution in [0.1, 0.15) is 36.7 Å². The molecule has 0 spiro atoms. The van der Waals surface area contributed by atoms with Gasteiger partial charge in [0.05, 0.1) is 11.1 Å². The van der Waals surface area contributed by atoms with Gasteiger partial charge in [-0.05, 0) is 56.0 Å². The van der Waals surface area contributed by atoms with Gasteiger partial charge < -0.3 is 14.6 Å². The standard InChI is InChI=1S/C25H24O5/c1-25(2,3)30-24(28)20(15-17-11-13-19(14-12-17)23(26)27)16-29-22-10-6-8-18-7-4-5-9-21(18)22/h4-15H,16H2,1-3H3,(H,26,27). The summed E-state index contributed by atoms with van der Waals surface area (Å²) in [6.45, 7) is 5.42. The molecule has 0 aromatic heterocycles. The molecule has 3 rings (SSSR count). The highest BCUT2D eigenvalue weighted by Gasteiger charge is 2.21. The lowest BCUT2D eigenvalue weighted by atomic mass is 10.1. The molecule has 3 aromatic rings. The first-order chi connectivity index (χ1) is 14.2. The second-order valence-electron chi connectivity index (χ2n) is 7.86. The number of fused-ring (bicyclic) bond motifs is 1. The number of carboxylic acids is 1. The van der Waals surface area contributed by atoms with E-state index in [2.05, 4.69) is 0 Å². The molecular formula is C25H24O5. The fourth-order valence-electron chi connectivity index (χ4n) is 2.90. The van der Waals surface area contributed by atoms with E-state index in [0.29, 0.717) is 16.9 Å². The third kappa shape index (κ3) is 5.47. The lowest BCUT2D eigenvalue weighted by Gasteiger charge is -2.21. The quantitative estimate of drug-likeness (QED) is 0.443. The molecule has 3 aromatic carbocycles. The van der Waals surface area contributed by atoms with E-state index in [1.807, 2.05) is 42.5 Å². The van der Waals surface area contributed by atoms with Crippen LogP contribution in [-0.4, -0.2) is 29.3 Å². The minimum Gasteiger partial charge on any atom is -0.488 e. The predicted molar refractivity (Wildman–Crippen MR) is 117 cm³/mol. The van der Waals surface area contributed by atoms with Crippen LogP contribution in [0.5, 0.6) is 5.75 Å². The average molecular weight is 404 g/mol. The van der Waals surface area contributed by atoms with Crippen LogP contribution in [-0.2, 0) is 9.53 Å². The summed E-state index contributed by atoms with van der Waals surface area (Å²) in [5, 5.41) is 11.1. The summed E-state index contributed by atoms with van der Waals surface area (Å²) in [6, 6.07) is 19.9. The maximum Gasteiger partial charge on any atom is 0.338 e. The maximum atomic E-state index is 12.8. The molecule has 0 fully saturated rings. The molecule has 0 bridgehead atoms. The SMILES string of the molecule is CC(C)(C)OC(=O)C(=Cc1ccc(C(=O)O)cc1)COc1cccc2ccccc12. The summed E-state index contributed by atoms with van der Waals surface area (Å²) in [6.07, 6.45) is 1.66. The van der Waals surface area contributed by atoms with Gasteiger partial charge in [0.15, 0.2) is 0 Å². The van der Waals surface area contributed by atoms with Crippen molar-refractivity contribution in [2.24, 2.45) is 0 Å². The monoisotopic (exact) mass is 404 g/mol. The lowest BCUT2D eigenvalue weighted by Crippen LogP contribution is -2.26. The molecule has 0 unspecified atom stereocenters. The third-order valence-corrected chi connectivity index (χ3v) is 4.29. The van der Waals surface area contributed by atoms with Gasteiger partial charge >= 0.3 is 11.9 Å². The molecule has 0 amide bonds. The number of aromatic carboxylic acids is 1. The Kier molecular flexibility index (Phi) is 6.21. The summed E-state index contributed by atoms with van der Waals surface area (Å²) in [4.78, 5) is 23.8. The van der Waals surface area contributed by atoms with Gasteiger partial charge in [-0.3, -0.25) is 0 Å². The van der Waals surface area contributed by atoms with E-state index in [9.17, 15) is 9.59 Å². The van der Waals surface area contributed by atoms with E-state index in [-0.39, 0.29) is 12.2 Å². The number of benzene rings is 3. The fourth-order valence-corrected chi connectivity index (χ4v) is 2.90. The van der Waals surface area contributed by atoms with E-state index in [1.165, 1.54) is 12.1 Å². The number of carbonyl (C=O) groups excluding carboxylic acids is 1. The Morgan fingerprint density at radius 1 is 0.933 bits per heavy atom. The number of carboxylic acid groups (broad SMARTS) is 1. The van der Waals surface area contributed by atoms with Gasteiger partial charge in [0.1, 0.15) is 18.0 Å². The minimum atomic E-state index is -1.00. The number of hydrogen-bond acceptors (Lipinski definition) is 4. The Balaban J connectivity index is 1.89. The van der Waals surface area contributed by atoms with Crippen molar-refractivity contribution in [1.29, 1.82) is 0 Å². The zero-order valence-electron chi connectivity index (χ0n) is 17.2. The molecule has 0 aliphatic heterocycles. The molecule has 0 radical (unpaired) electrons. The van der Waals surface area contributed by atoms with E-state index in [1.54, 1.807) is 39.0 Å². The Labute approximate surface area is 175 Å². The van der Waals surface area contributed by atoms with Crippen LogP contribution in [0, 0.1) is 0 Å². The van der Waals surface area contributed by atoms with Crippen LogP contribution in [0.2, 0.25) is 0 Å². The van der Waals surface area contributed by atoms with E-state index < -0.39 is 17.5 Å². The van der Waals surface area contributed by atoms with Crippen molar-refractivity contribution in [3.05, 3.63) is 83.4 Å². The molecule has 0 aliphatic carbocycles. The second-order valence-corrected chi connectivity index (χ2v) is 7.86. The van der Waals surface area contributed by atoms with Gasteiger partial charge in [0, 0.05) is 5.39 Å². The average Bonchev–Trinajstić information content (AvgIpc) is 2.70. The normalized spacial score (nSPS) is 11.9. The molecule has 5 nitrogen and oxygen atoms in total. The van der Waals surface area contributed by atoms with Crippen LogP contribution in [0.4, 0.5) is 0 Å². The molecular weight excluding hydrogens is 380 g/mol. The Morgan fingerprint density at radius 2 is 1.60 bits per heavy atom. The summed E-state index contributed by atoms with van der Waals surface area (Å²) < 4.78 is 11.5. The maximum absolute atomic E-state index is 12.8. The highest BCUT2D eigenvalue weighted by molar-refractivity contribution is 5.95. The van der Waals surface area contributed by atoms with Crippen molar-refractivity contribution in [2.45, 2.75) is 26.4 Å². The lowest BCUT2D eigenvalue weighted by molar-refractivity contribution is -0.150. The van der Waals surface area contributed by atoms with Crippen LogP contribution in [0.15, 0.2) is 72.3 Å². The highest BCUT2D eigenvalue weighted by atomic mass is 16.6. The fraction of sp³-hybridized carbons (Fsp3) is 0.200. The number of carbonyl (C=O) groups is 2. The zero-order chi connectivity index (χ0) is 21.7. The summed E-state index contributed by atoms with van der Waals surface area (Å²) >= 11 is 0. The minimum absolute atomic E-state index is 0.0175. The summed E-state index contributed by atoms with van der Waals surface area (Å²) in [5.74, 6) is -0.814. The first-order valence-electron chi connectivity index (χ1n) is 9.61. The molecule has 0 aliphatic rings. The van der Waals surface area contributed by atoms with Crippen LogP contribution in [0.25, 0.3) is 16.8 Å². The predicted octanol–water partition coefficient (Wildman–Crippen LogP) is 5.34. The van der Waals surface area contributed by atoms with E-state index >= 15 is 0 Å². The van der Waals surface area contributed by atoms with Gasteiger partial charge in [0.2, 0.25) is 0 Å². The van der Waals surface area contributed by atoms with Crippen molar-refractivity contribution in [2.75, 3.05) is 6.61 Å². The van der Waals surface area contributed by atoms with E-state index in [4.69, 9.17) is 14.6 Å². The van der Waals surface area contributed by atoms with Crippen molar-refractivity contribution in [3.8, 4) is 5.75 Å². The van der Waals surface area contributed by atoms with Crippen molar-refractivity contribution >= 4 is 28.8 Å². The molecule has 0 saturated carbocycles. The molecule has 0 saturated heterocycles. The van der Waals surface area contributed by atoms with Crippen molar-refractivity contribution < 1.29 is 24.2 Å². The first kappa shape index (κ1) is 21.1. The molecule has 154 valence electrons. The molecule has 30 heavy (non-hydrogen) atoms. The van der Waals surface area contributed by atoms with Gasteiger partial charge in [-0.2, -0.15) is 0 Å². The van der Waals surface area contributed by atoms with Crippen molar-refractivity contribution in [3.63, 3.8) is 0 Å². The molecule has 1 N–H and O–H groups in total. The Morgan fingerprint density at radius 3 is 2.27 bits per heavy atom. The first-order valence-corrected chi connectivity index (χ1v) is 9.61. The number of hydrogen-bond donors (Lipinski definition) is 1. The van der Waals surface area contributed by atoms with Gasteiger partial charge in [-0.1, -0.05) is 48.5 Å². The smallest absolute Gasteiger partial charge is 0.338 e. The summed E-state index contributed by atoms with van der Waals surface area (Å²) in [7, 11) is 0. The van der Waals surface area contributed by atoms with Gasteiger partial charge in [-0.15, -0.1) is 0 Å². The largest absolute Gasteiger partial charge is 0.488 e. The van der Waals surface area contributed by atoms with Crippen LogP contribution in [0.3, 0.4) is 0 Å². The zero-order valence-corrected chi connectivity index (χ0v) is 17.2. The number of rotatable bonds is 6. The van der Waals surface area contributed by atoms with Crippen molar-refractivity contribution in [1.82, 2.24) is 0 Å². The van der Waals surface area contributed by atoms with Crippen LogP contribution < -0.4 is 4.74 Å². The van der Waals surface area contributed by atoms with Crippen LogP contribution >= 0.6 is 0 Å². The highest BCUT2D eigenvalue weighted by Crippen LogP contribution is 2.26. The second kappa shape index (κ2) is 8.82. The molecule has 5 heteroatoms. The molecule has 0 heterocycles. The van der Waals surface area contributed by atoms with Gasteiger partial charge in [0.25, 0.3) is 0 Å². The Bertz CT molecular complexity index is 1080. The Hall–Kier alpha value is -3.60. The summed E-state index contributed by atoms with van der Waals surface area (Å²) in [5.41, 5.74) is 0.546. The van der Waals surface area contributed by atoms with E-state index in [0.717, 1.165) is 10.8 Å². The third-order valence-electron chi connectivity index (χ3n) is 4.29. The molecule has 0 atom stereocenters. The number of ether oxygens (including phenoxy) is 2. The van der Waals surface area contributed by atoms with Gasteiger partial charge in [-0.25, -0.2) is 9.59 Å². The number of esters is 1. The topological polar surface area (TPSA) is 72.8 Å².